The van der Waals surface area contributed by atoms with E-state index in [-0.39, 0.29) is 24.9 Å². The number of ketones is 1. The minimum atomic E-state index is -0.571. The highest BCUT2D eigenvalue weighted by molar-refractivity contribution is 6.01. The Bertz CT molecular complexity index is 967. The molecule has 0 N–H and O–H groups in total. The van der Waals surface area contributed by atoms with Crippen LogP contribution in [0.3, 0.4) is 0 Å². The van der Waals surface area contributed by atoms with Crippen molar-refractivity contribution in [3.8, 4) is 11.5 Å². The summed E-state index contributed by atoms with van der Waals surface area (Å²) in [6, 6.07) is 22.6. The van der Waals surface area contributed by atoms with Gasteiger partial charge in [0.25, 0.3) is 0 Å². The average Bonchev–Trinajstić information content (AvgIpc) is 2.79. The van der Waals surface area contributed by atoms with Gasteiger partial charge in [-0.25, -0.2) is 4.79 Å². The molecule has 3 aromatic rings. The number of Topliss-reactive ketones (excluding diaryl/α,β-unsaturated/α-hetero) is 1. The summed E-state index contributed by atoms with van der Waals surface area (Å²) >= 11 is 0. The fourth-order valence-electron chi connectivity index (χ4n) is 2.67. The van der Waals surface area contributed by atoms with Crippen molar-refractivity contribution in [2.45, 2.75) is 6.61 Å². The highest BCUT2D eigenvalue weighted by atomic mass is 16.7. The number of benzene rings is 3. The Kier molecular flexibility index (Phi) is 7.71. The van der Waals surface area contributed by atoms with Crippen LogP contribution in [0.1, 0.15) is 26.3 Å². The number of ether oxygens (including phenoxy) is 4. The van der Waals surface area contributed by atoms with Gasteiger partial charge in [-0.3, -0.25) is 4.79 Å². The van der Waals surface area contributed by atoms with Crippen LogP contribution in [-0.4, -0.2) is 32.3 Å². The molecule has 0 atom stereocenters. The third-order valence-corrected chi connectivity index (χ3v) is 4.17. The highest BCUT2D eigenvalue weighted by Gasteiger charge is 2.16. The zero-order valence-electron chi connectivity index (χ0n) is 16.6. The van der Waals surface area contributed by atoms with E-state index in [1.54, 1.807) is 48.5 Å². The Labute approximate surface area is 175 Å². The van der Waals surface area contributed by atoms with E-state index in [1.807, 2.05) is 30.3 Å². The highest BCUT2D eigenvalue weighted by Crippen LogP contribution is 2.21. The van der Waals surface area contributed by atoms with Crippen molar-refractivity contribution in [3.05, 3.63) is 95.6 Å². The number of hydrogen-bond acceptors (Lipinski definition) is 6. The van der Waals surface area contributed by atoms with Crippen molar-refractivity contribution >= 4 is 11.8 Å². The smallest absolute Gasteiger partial charge is 0.343 e. The van der Waals surface area contributed by atoms with Crippen LogP contribution in [0.2, 0.25) is 0 Å². The van der Waals surface area contributed by atoms with E-state index < -0.39 is 5.97 Å². The average molecular weight is 406 g/mol. The number of hydrogen-bond donors (Lipinski definition) is 0. The number of esters is 1. The Balaban J connectivity index is 1.61. The summed E-state index contributed by atoms with van der Waals surface area (Å²) < 4.78 is 21.1. The number of carbonyl (C=O) groups excluding carboxylic acids is 2. The molecule has 0 amide bonds. The van der Waals surface area contributed by atoms with Gasteiger partial charge in [0.2, 0.25) is 0 Å². The summed E-state index contributed by atoms with van der Waals surface area (Å²) in [5.41, 5.74) is 1.60. The van der Waals surface area contributed by atoms with Gasteiger partial charge in [-0.15, -0.1) is 0 Å². The lowest BCUT2D eigenvalue weighted by Crippen LogP contribution is -2.14. The van der Waals surface area contributed by atoms with Crippen LogP contribution in [0.15, 0.2) is 78.9 Å². The Morgan fingerprint density at radius 3 is 2.27 bits per heavy atom. The maximum absolute atomic E-state index is 12.6. The van der Waals surface area contributed by atoms with Crippen molar-refractivity contribution in [1.29, 1.82) is 0 Å². The number of methoxy groups -OCH3 is 1. The predicted molar refractivity (Wildman–Crippen MR) is 111 cm³/mol. The van der Waals surface area contributed by atoms with E-state index in [1.165, 1.54) is 7.11 Å². The maximum atomic E-state index is 12.6. The van der Waals surface area contributed by atoms with Crippen LogP contribution in [0.4, 0.5) is 0 Å². The molecule has 0 aliphatic carbocycles. The number of para-hydroxylation sites is 1. The molecule has 0 spiro atoms. The zero-order valence-corrected chi connectivity index (χ0v) is 16.6. The SMILES string of the molecule is COCOc1ccc(C(=O)Oc2ccccc2C(=O)COCc2ccccc2)cc1. The molecule has 3 aromatic carbocycles. The summed E-state index contributed by atoms with van der Waals surface area (Å²) in [6.07, 6.45) is 0. The van der Waals surface area contributed by atoms with Crippen molar-refractivity contribution in [1.82, 2.24) is 0 Å². The van der Waals surface area contributed by atoms with E-state index in [9.17, 15) is 9.59 Å². The monoisotopic (exact) mass is 406 g/mol. The van der Waals surface area contributed by atoms with Gasteiger partial charge in [-0.2, -0.15) is 0 Å². The molecule has 6 nitrogen and oxygen atoms in total. The molecule has 0 aromatic heterocycles. The summed E-state index contributed by atoms with van der Waals surface area (Å²) in [5.74, 6) is -0.0774. The van der Waals surface area contributed by atoms with Crippen molar-refractivity contribution in [3.63, 3.8) is 0 Å². The van der Waals surface area contributed by atoms with Crippen LogP contribution in [0.5, 0.6) is 11.5 Å². The Hall–Kier alpha value is -3.48. The standard InChI is InChI=1S/C24H22O6/c1-27-17-29-20-13-11-19(12-14-20)24(26)30-23-10-6-5-9-21(23)22(25)16-28-15-18-7-3-2-4-8-18/h2-14H,15-17H2,1H3. The first-order valence-corrected chi connectivity index (χ1v) is 9.35. The molecule has 0 heterocycles. The summed E-state index contributed by atoms with van der Waals surface area (Å²) in [4.78, 5) is 25.1. The molecule has 0 radical (unpaired) electrons. The quantitative estimate of drug-likeness (QED) is 0.217. The van der Waals surface area contributed by atoms with Gasteiger partial charge >= 0.3 is 5.97 Å². The van der Waals surface area contributed by atoms with E-state index in [0.29, 0.717) is 23.5 Å². The van der Waals surface area contributed by atoms with E-state index in [4.69, 9.17) is 18.9 Å². The molecule has 0 aliphatic rings. The van der Waals surface area contributed by atoms with Crippen LogP contribution in [-0.2, 0) is 16.1 Å². The second-order valence-electron chi connectivity index (χ2n) is 6.36. The van der Waals surface area contributed by atoms with Gasteiger partial charge in [-0.1, -0.05) is 42.5 Å². The molecular weight excluding hydrogens is 384 g/mol. The van der Waals surface area contributed by atoms with Gasteiger partial charge in [0.1, 0.15) is 18.1 Å². The van der Waals surface area contributed by atoms with Crippen LogP contribution >= 0.6 is 0 Å². The number of rotatable bonds is 10. The van der Waals surface area contributed by atoms with Crippen molar-refractivity contribution < 1.29 is 28.5 Å². The Morgan fingerprint density at radius 2 is 1.53 bits per heavy atom. The summed E-state index contributed by atoms with van der Waals surface area (Å²) in [6.45, 7) is 0.326. The van der Waals surface area contributed by atoms with E-state index in [2.05, 4.69) is 0 Å². The summed E-state index contributed by atoms with van der Waals surface area (Å²) in [5, 5.41) is 0. The first-order chi connectivity index (χ1) is 14.7. The van der Waals surface area contributed by atoms with Crippen molar-refractivity contribution in [2.75, 3.05) is 20.5 Å². The topological polar surface area (TPSA) is 71.1 Å². The lowest BCUT2D eigenvalue weighted by molar-refractivity contribution is 0.0511. The first kappa shape index (κ1) is 21.2. The van der Waals surface area contributed by atoms with Crippen LogP contribution < -0.4 is 9.47 Å². The van der Waals surface area contributed by atoms with Crippen LogP contribution in [0.25, 0.3) is 0 Å². The van der Waals surface area contributed by atoms with Crippen molar-refractivity contribution in [2.24, 2.45) is 0 Å². The molecule has 0 aliphatic heterocycles. The largest absolute Gasteiger partial charge is 0.468 e. The molecule has 6 heteroatoms. The van der Waals surface area contributed by atoms with E-state index in [0.717, 1.165) is 5.56 Å². The molecule has 154 valence electrons. The van der Waals surface area contributed by atoms with Gasteiger partial charge in [0.05, 0.1) is 17.7 Å². The Morgan fingerprint density at radius 1 is 0.833 bits per heavy atom. The third-order valence-electron chi connectivity index (χ3n) is 4.17. The maximum Gasteiger partial charge on any atom is 0.343 e. The molecule has 0 bridgehead atoms. The van der Waals surface area contributed by atoms with Gasteiger partial charge in [0, 0.05) is 7.11 Å². The fourth-order valence-corrected chi connectivity index (χ4v) is 2.67. The first-order valence-electron chi connectivity index (χ1n) is 9.35. The summed E-state index contributed by atoms with van der Waals surface area (Å²) in [7, 11) is 1.52. The molecule has 0 fully saturated rings. The van der Waals surface area contributed by atoms with Crippen LogP contribution in [0, 0.1) is 0 Å². The molecule has 0 saturated carbocycles. The lowest BCUT2D eigenvalue weighted by Gasteiger charge is -2.10. The normalized spacial score (nSPS) is 10.4. The molecule has 30 heavy (non-hydrogen) atoms. The molecule has 0 unspecified atom stereocenters. The fraction of sp³-hybridized carbons (Fsp3) is 0.167. The van der Waals surface area contributed by atoms with Gasteiger partial charge in [-0.05, 0) is 42.0 Å². The van der Waals surface area contributed by atoms with Gasteiger partial charge in [0.15, 0.2) is 12.6 Å². The molecule has 0 saturated heterocycles. The third kappa shape index (κ3) is 6.01. The van der Waals surface area contributed by atoms with E-state index >= 15 is 0 Å². The minimum absolute atomic E-state index is 0.116. The van der Waals surface area contributed by atoms with Gasteiger partial charge < -0.3 is 18.9 Å². The second kappa shape index (κ2) is 10.9. The second-order valence-corrected chi connectivity index (χ2v) is 6.36. The molecular formula is C24H22O6. The minimum Gasteiger partial charge on any atom is -0.468 e. The predicted octanol–water partition coefficient (Wildman–Crippen LogP) is 4.29. The molecule has 3 rings (SSSR count). The zero-order chi connectivity index (χ0) is 21.2. The number of carbonyl (C=O) groups is 2. The lowest BCUT2D eigenvalue weighted by atomic mass is 10.1.